The Morgan fingerprint density at radius 3 is 2.22 bits per heavy atom. The Kier molecular flexibility index (Phi) is 2.85. The van der Waals surface area contributed by atoms with E-state index < -0.39 is 0 Å². The van der Waals surface area contributed by atoms with Crippen molar-refractivity contribution in [2.75, 3.05) is 0 Å². The van der Waals surface area contributed by atoms with Crippen LogP contribution in [0.25, 0.3) is 0 Å². The fraction of sp³-hybridized carbons (Fsp3) is 0.188. The number of esters is 1. The second kappa shape index (κ2) is 4.65. The summed E-state index contributed by atoms with van der Waals surface area (Å²) in [5.74, 6) is 0.867. The quantitative estimate of drug-likeness (QED) is 0.605. The van der Waals surface area contributed by atoms with Crippen molar-refractivity contribution >= 4 is 5.97 Å². The first-order chi connectivity index (χ1) is 8.84. The Balaban J connectivity index is 1.63. The van der Waals surface area contributed by atoms with Gasteiger partial charge in [-0.15, -0.1) is 0 Å². The van der Waals surface area contributed by atoms with Crippen LogP contribution in [0.15, 0.2) is 60.7 Å². The molecule has 90 valence electrons. The van der Waals surface area contributed by atoms with E-state index in [9.17, 15) is 4.79 Å². The smallest absolute Gasteiger partial charge is 0.314 e. The highest BCUT2D eigenvalue weighted by Gasteiger charge is 2.45. The van der Waals surface area contributed by atoms with Crippen molar-refractivity contribution in [2.24, 2.45) is 5.92 Å². The first kappa shape index (κ1) is 11.0. The number of ether oxygens (including phenoxy) is 1. The molecule has 0 amide bonds. The predicted molar refractivity (Wildman–Crippen MR) is 69.4 cm³/mol. The summed E-state index contributed by atoms with van der Waals surface area (Å²) in [5, 5.41) is 0. The predicted octanol–water partition coefficient (Wildman–Crippen LogP) is 3.40. The van der Waals surface area contributed by atoms with Crippen LogP contribution in [0.5, 0.6) is 5.75 Å². The van der Waals surface area contributed by atoms with Crippen molar-refractivity contribution in [3.05, 3.63) is 66.2 Å². The maximum Gasteiger partial charge on any atom is 0.314 e. The Hall–Kier alpha value is -2.09. The number of rotatable bonds is 3. The Labute approximate surface area is 106 Å². The third-order valence-corrected chi connectivity index (χ3v) is 3.28. The third-order valence-electron chi connectivity index (χ3n) is 3.28. The summed E-state index contributed by atoms with van der Waals surface area (Å²) < 4.78 is 5.35. The lowest BCUT2D eigenvalue weighted by molar-refractivity contribution is -0.135. The van der Waals surface area contributed by atoms with Crippen LogP contribution >= 0.6 is 0 Å². The van der Waals surface area contributed by atoms with Crippen molar-refractivity contribution in [2.45, 2.75) is 12.3 Å². The van der Waals surface area contributed by atoms with E-state index in [2.05, 4.69) is 12.1 Å². The highest BCUT2D eigenvalue weighted by atomic mass is 16.5. The molecule has 1 fully saturated rings. The van der Waals surface area contributed by atoms with E-state index in [0.717, 1.165) is 6.42 Å². The molecule has 2 aromatic rings. The zero-order valence-corrected chi connectivity index (χ0v) is 9.95. The molecule has 0 aromatic heterocycles. The summed E-state index contributed by atoms with van der Waals surface area (Å²) in [6.45, 7) is 0. The monoisotopic (exact) mass is 238 g/mol. The van der Waals surface area contributed by atoms with E-state index in [4.69, 9.17) is 4.74 Å². The molecule has 0 spiro atoms. The molecule has 0 aliphatic heterocycles. The molecule has 1 saturated carbocycles. The van der Waals surface area contributed by atoms with Gasteiger partial charge in [-0.25, -0.2) is 0 Å². The standard InChI is InChI=1S/C16H14O2/c17-16(18-13-9-5-2-6-10-13)15-11-14(15)12-7-3-1-4-8-12/h1-10,14-15H,11H2. The summed E-state index contributed by atoms with van der Waals surface area (Å²) in [5.41, 5.74) is 1.23. The average Bonchev–Trinajstić information content (AvgIpc) is 3.21. The van der Waals surface area contributed by atoms with Gasteiger partial charge in [-0.3, -0.25) is 4.79 Å². The zero-order chi connectivity index (χ0) is 12.4. The van der Waals surface area contributed by atoms with E-state index in [1.807, 2.05) is 36.4 Å². The molecule has 1 aliphatic rings. The number of hydrogen-bond donors (Lipinski definition) is 0. The van der Waals surface area contributed by atoms with E-state index in [1.165, 1.54) is 5.56 Å². The minimum Gasteiger partial charge on any atom is -0.426 e. The van der Waals surface area contributed by atoms with Gasteiger partial charge in [0.1, 0.15) is 5.75 Å². The lowest BCUT2D eigenvalue weighted by Gasteiger charge is -2.03. The van der Waals surface area contributed by atoms with Crippen LogP contribution in [0.4, 0.5) is 0 Å². The van der Waals surface area contributed by atoms with Gasteiger partial charge in [0.05, 0.1) is 5.92 Å². The van der Waals surface area contributed by atoms with Crippen LogP contribution in [-0.4, -0.2) is 5.97 Å². The van der Waals surface area contributed by atoms with Gasteiger partial charge in [-0.2, -0.15) is 0 Å². The molecule has 2 heteroatoms. The number of carbonyl (C=O) groups is 1. The number of carbonyl (C=O) groups excluding carboxylic acids is 1. The molecule has 0 radical (unpaired) electrons. The van der Waals surface area contributed by atoms with E-state index in [0.29, 0.717) is 11.7 Å². The van der Waals surface area contributed by atoms with Crippen molar-refractivity contribution in [3.63, 3.8) is 0 Å². The van der Waals surface area contributed by atoms with Gasteiger partial charge in [0.25, 0.3) is 0 Å². The highest BCUT2D eigenvalue weighted by Crippen LogP contribution is 2.48. The molecule has 2 aromatic carbocycles. The van der Waals surface area contributed by atoms with Crippen molar-refractivity contribution in [1.29, 1.82) is 0 Å². The molecule has 3 rings (SSSR count). The van der Waals surface area contributed by atoms with E-state index >= 15 is 0 Å². The fourth-order valence-electron chi connectivity index (χ4n) is 2.20. The van der Waals surface area contributed by atoms with E-state index in [1.54, 1.807) is 12.1 Å². The minimum absolute atomic E-state index is 0.0209. The van der Waals surface area contributed by atoms with Crippen LogP contribution in [0.3, 0.4) is 0 Å². The first-order valence-corrected chi connectivity index (χ1v) is 6.16. The van der Waals surface area contributed by atoms with Gasteiger partial charge in [-0.1, -0.05) is 48.5 Å². The highest BCUT2D eigenvalue weighted by molar-refractivity contribution is 5.79. The third kappa shape index (κ3) is 2.28. The second-order valence-corrected chi connectivity index (χ2v) is 4.59. The molecule has 2 atom stereocenters. The second-order valence-electron chi connectivity index (χ2n) is 4.59. The summed E-state index contributed by atoms with van der Waals surface area (Å²) in [7, 11) is 0. The van der Waals surface area contributed by atoms with Gasteiger partial charge in [0, 0.05) is 0 Å². The van der Waals surface area contributed by atoms with Gasteiger partial charge in [-0.05, 0) is 30.0 Å². The lowest BCUT2D eigenvalue weighted by atomic mass is 10.1. The molecule has 0 bridgehead atoms. The SMILES string of the molecule is O=C(Oc1ccccc1)C1CC1c1ccccc1. The summed E-state index contributed by atoms with van der Waals surface area (Å²) >= 11 is 0. The molecule has 0 saturated heterocycles. The number of hydrogen-bond acceptors (Lipinski definition) is 2. The maximum atomic E-state index is 11.9. The number of benzene rings is 2. The van der Waals surface area contributed by atoms with Crippen LogP contribution in [0.1, 0.15) is 17.9 Å². The van der Waals surface area contributed by atoms with Gasteiger partial charge >= 0.3 is 5.97 Å². The Morgan fingerprint density at radius 1 is 0.944 bits per heavy atom. The lowest BCUT2D eigenvalue weighted by Crippen LogP contribution is -2.11. The molecule has 2 nitrogen and oxygen atoms in total. The fourth-order valence-corrected chi connectivity index (χ4v) is 2.20. The number of para-hydroxylation sites is 1. The molecule has 18 heavy (non-hydrogen) atoms. The molecular formula is C16H14O2. The van der Waals surface area contributed by atoms with Crippen LogP contribution in [-0.2, 0) is 4.79 Å². The van der Waals surface area contributed by atoms with Crippen molar-refractivity contribution < 1.29 is 9.53 Å². The van der Waals surface area contributed by atoms with Crippen molar-refractivity contribution in [3.8, 4) is 5.75 Å². The van der Waals surface area contributed by atoms with Gasteiger partial charge in [0.15, 0.2) is 0 Å². The van der Waals surface area contributed by atoms with Crippen LogP contribution in [0.2, 0.25) is 0 Å². The molecule has 1 aliphatic carbocycles. The average molecular weight is 238 g/mol. The van der Waals surface area contributed by atoms with Gasteiger partial charge < -0.3 is 4.74 Å². The maximum absolute atomic E-state index is 11.9. The van der Waals surface area contributed by atoms with Crippen LogP contribution in [0, 0.1) is 5.92 Å². The van der Waals surface area contributed by atoms with Crippen molar-refractivity contribution in [1.82, 2.24) is 0 Å². The summed E-state index contributed by atoms with van der Waals surface area (Å²) in [4.78, 5) is 11.9. The molecular weight excluding hydrogens is 224 g/mol. The molecule has 2 unspecified atom stereocenters. The minimum atomic E-state index is -0.116. The summed E-state index contributed by atoms with van der Waals surface area (Å²) in [6.07, 6.45) is 0.898. The molecule has 0 heterocycles. The summed E-state index contributed by atoms with van der Waals surface area (Å²) in [6, 6.07) is 19.4. The largest absolute Gasteiger partial charge is 0.426 e. The van der Waals surface area contributed by atoms with Crippen LogP contribution < -0.4 is 4.74 Å². The Morgan fingerprint density at radius 2 is 1.56 bits per heavy atom. The topological polar surface area (TPSA) is 26.3 Å². The van der Waals surface area contributed by atoms with Gasteiger partial charge in [0.2, 0.25) is 0 Å². The molecule has 0 N–H and O–H groups in total. The Bertz CT molecular complexity index is 534. The first-order valence-electron chi connectivity index (χ1n) is 6.16. The zero-order valence-electron chi connectivity index (χ0n) is 9.95. The normalized spacial score (nSPS) is 21.3. The van der Waals surface area contributed by atoms with E-state index in [-0.39, 0.29) is 11.9 Å².